The first-order valence-electron chi connectivity index (χ1n) is 10.3. The number of carbonyl (C=O) groups is 2. The number of thiophene rings is 1. The highest BCUT2D eigenvalue weighted by molar-refractivity contribution is 7.21. The van der Waals surface area contributed by atoms with Gasteiger partial charge in [0, 0.05) is 42.5 Å². The predicted octanol–water partition coefficient (Wildman–Crippen LogP) is 4.60. The monoisotopic (exact) mass is 449 g/mol. The van der Waals surface area contributed by atoms with E-state index in [1.165, 1.54) is 23.5 Å². The van der Waals surface area contributed by atoms with Crippen molar-refractivity contribution in [2.75, 3.05) is 26.2 Å². The lowest BCUT2D eigenvalue weighted by molar-refractivity contribution is 0.0532. The Bertz CT molecular complexity index is 1300. The average molecular weight is 450 g/mol. The average Bonchev–Trinajstić information content (AvgIpc) is 3.44. The third-order valence-corrected chi connectivity index (χ3v) is 7.01. The van der Waals surface area contributed by atoms with E-state index in [1.807, 2.05) is 31.2 Å². The van der Waals surface area contributed by atoms with Gasteiger partial charge in [-0.15, -0.1) is 11.3 Å². The summed E-state index contributed by atoms with van der Waals surface area (Å²) in [5, 5.41) is 5.00. The number of nitrogens with zero attached hydrogens (tertiary/aromatic N) is 3. The van der Waals surface area contributed by atoms with Gasteiger partial charge in [0.05, 0.1) is 4.88 Å². The van der Waals surface area contributed by atoms with Gasteiger partial charge >= 0.3 is 0 Å². The van der Waals surface area contributed by atoms with Crippen LogP contribution in [-0.2, 0) is 0 Å². The van der Waals surface area contributed by atoms with E-state index >= 15 is 0 Å². The van der Waals surface area contributed by atoms with Crippen molar-refractivity contribution >= 4 is 33.2 Å². The zero-order chi connectivity index (χ0) is 22.2. The Morgan fingerprint density at radius 1 is 0.969 bits per heavy atom. The van der Waals surface area contributed by atoms with Crippen molar-refractivity contribution in [1.82, 2.24) is 15.0 Å². The molecule has 0 atom stereocenters. The first-order valence-corrected chi connectivity index (χ1v) is 11.1. The minimum atomic E-state index is -0.345. The molecule has 5 rings (SSSR count). The molecule has 0 unspecified atom stereocenters. The Morgan fingerprint density at radius 3 is 2.31 bits per heavy atom. The van der Waals surface area contributed by atoms with E-state index in [-0.39, 0.29) is 23.3 Å². The maximum Gasteiger partial charge on any atom is 0.276 e. The summed E-state index contributed by atoms with van der Waals surface area (Å²) in [5.41, 5.74) is 1.85. The number of aryl methyl sites for hydroxylation is 1. The normalized spacial score (nSPS) is 14.2. The molecule has 0 saturated carbocycles. The van der Waals surface area contributed by atoms with E-state index in [2.05, 4.69) is 5.16 Å². The number of hydrogen-bond acceptors (Lipinski definition) is 5. The summed E-state index contributed by atoms with van der Waals surface area (Å²) in [4.78, 5) is 30.2. The Hall–Kier alpha value is -3.52. The zero-order valence-electron chi connectivity index (χ0n) is 17.4. The van der Waals surface area contributed by atoms with Gasteiger partial charge in [0.1, 0.15) is 5.82 Å². The van der Waals surface area contributed by atoms with Crippen LogP contribution >= 0.6 is 11.3 Å². The van der Waals surface area contributed by atoms with Crippen LogP contribution in [0.25, 0.3) is 21.4 Å². The van der Waals surface area contributed by atoms with Crippen molar-refractivity contribution in [3.05, 3.63) is 76.5 Å². The summed E-state index contributed by atoms with van der Waals surface area (Å²) in [6.07, 6.45) is 0. The summed E-state index contributed by atoms with van der Waals surface area (Å²) in [6, 6.07) is 15.4. The van der Waals surface area contributed by atoms with Gasteiger partial charge in [-0.1, -0.05) is 23.4 Å². The number of halogens is 1. The van der Waals surface area contributed by atoms with Gasteiger partial charge in [0.15, 0.2) is 11.5 Å². The molecule has 32 heavy (non-hydrogen) atoms. The van der Waals surface area contributed by atoms with Crippen molar-refractivity contribution < 1.29 is 18.5 Å². The topological polar surface area (TPSA) is 66.7 Å². The minimum Gasteiger partial charge on any atom is -0.355 e. The lowest BCUT2D eigenvalue weighted by Crippen LogP contribution is -2.50. The van der Waals surface area contributed by atoms with E-state index in [4.69, 9.17) is 4.52 Å². The highest BCUT2D eigenvalue weighted by atomic mass is 32.1. The van der Waals surface area contributed by atoms with Gasteiger partial charge in [-0.3, -0.25) is 9.59 Å². The number of aromatic nitrogens is 1. The molecule has 4 aromatic rings. The fourth-order valence-corrected chi connectivity index (χ4v) is 5.10. The molecular formula is C24H20FN3O3S. The molecule has 2 amide bonds. The summed E-state index contributed by atoms with van der Waals surface area (Å²) in [5.74, 6) is -0.173. The predicted molar refractivity (Wildman–Crippen MR) is 120 cm³/mol. The Morgan fingerprint density at radius 2 is 1.62 bits per heavy atom. The molecule has 2 aromatic heterocycles. The second-order valence-electron chi connectivity index (χ2n) is 7.72. The van der Waals surface area contributed by atoms with Crippen LogP contribution in [0.3, 0.4) is 0 Å². The van der Waals surface area contributed by atoms with Crippen molar-refractivity contribution in [3.8, 4) is 11.3 Å². The van der Waals surface area contributed by atoms with E-state index in [1.54, 1.807) is 28.0 Å². The second-order valence-corrected chi connectivity index (χ2v) is 8.77. The van der Waals surface area contributed by atoms with Crippen LogP contribution < -0.4 is 0 Å². The first-order chi connectivity index (χ1) is 15.5. The van der Waals surface area contributed by atoms with Crippen LogP contribution in [0.2, 0.25) is 0 Å². The molecule has 1 aliphatic rings. The third-order valence-electron chi connectivity index (χ3n) is 5.75. The molecule has 0 bridgehead atoms. The molecule has 0 radical (unpaired) electrons. The highest BCUT2D eigenvalue weighted by Gasteiger charge is 2.29. The standard InChI is InChI=1S/C24H20FN3O3S/c1-15-18-4-2-3-5-21(18)32-22(15)24(30)28-12-10-27(11-13-28)23(29)19-14-20(31-26-19)16-6-8-17(25)9-7-16/h2-9,14H,10-13H2,1H3. The van der Waals surface area contributed by atoms with Crippen LogP contribution in [0.1, 0.15) is 25.7 Å². The number of carbonyl (C=O) groups excluding carboxylic acids is 2. The third kappa shape index (κ3) is 3.67. The number of piperazine rings is 1. The number of benzene rings is 2. The summed E-state index contributed by atoms with van der Waals surface area (Å²) in [6.45, 7) is 3.75. The maximum atomic E-state index is 13.1. The molecule has 162 valence electrons. The van der Waals surface area contributed by atoms with Crippen molar-refractivity contribution in [2.24, 2.45) is 0 Å². The van der Waals surface area contributed by atoms with Crippen LogP contribution in [0.4, 0.5) is 4.39 Å². The lowest BCUT2D eigenvalue weighted by atomic mass is 10.1. The van der Waals surface area contributed by atoms with Crippen LogP contribution in [0.5, 0.6) is 0 Å². The molecule has 0 spiro atoms. The Kier molecular flexibility index (Phi) is 5.22. The largest absolute Gasteiger partial charge is 0.355 e. The first kappa shape index (κ1) is 20.4. The number of rotatable bonds is 3. The highest BCUT2D eigenvalue weighted by Crippen LogP contribution is 2.31. The van der Waals surface area contributed by atoms with Crippen molar-refractivity contribution in [1.29, 1.82) is 0 Å². The van der Waals surface area contributed by atoms with Gasteiger partial charge in [0.2, 0.25) is 0 Å². The summed E-state index contributed by atoms with van der Waals surface area (Å²) in [7, 11) is 0. The maximum absolute atomic E-state index is 13.1. The van der Waals surface area contributed by atoms with Gasteiger partial charge in [0.25, 0.3) is 11.8 Å². The summed E-state index contributed by atoms with van der Waals surface area (Å²) < 4.78 is 19.5. The van der Waals surface area contributed by atoms with Crippen LogP contribution in [0, 0.1) is 12.7 Å². The SMILES string of the molecule is Cc1c(C(=O)N2CCN(C(=O)c3cc(-c4ccc(F)cc4)on3)CC2)sc2ccccc12. The van der Waals surface area contributed by atoms with Crippen molar-refractivity contribution in [2.45, 2.75) is 6.92 Å². The number of fused-ring (bicyclic) bond motifs is 1. The fraction of sp³-hybridized carbons (Fsp3) is 0.208. The van der Waals surface area contributed by atoms with Crippen LogP contribution in [-0.4, -0.2) is 52.9 Å². The van der Waals surface area contributed by atoms with E-state index in [0.717, 1.165) is 20.5 Å². The van der Waals surface area contributed by atoms with Crippen LogP contribution in [0.15, 0.2) is 59.1 Å². The van der Waals surface area contributed by atoms with E-state index < -0.39 is 0 Å². The Labute approximate surface area is 187 Å². The van der Waals surface area contributed by atoms with Gasteiger partial charge in [-0.25, -0.2) is 4.39 Å². The van der Waals surface area contributed by atoms with E-state index in [9.17, 15) is 14.0 Å². The molecular weight excluding hydrogens is 429 g/mol. The Balaban J connectivity index is 1.25. The molecule has 0 N–H and O–H groups in total. The minimum absolute atomic E-state index is 0.0100. The number of amides is 2. The van der Waals surface area contributed by atoms with E-state index in [0.29, 0.717) is 37.5 Å². The fourth-order valence-electron chi connectivity index (χ4n) is 3.92. The molecule has 0 aliphatic carbocycles. The second kappa shape index (κ2) is 8.20. The molecule has 6 nitrogen and oxygen atoms in total. The zero-order valence-corrected chi connectivity index (χ0v) is 18.2. The molecule has 1 fully saturated rings. The molecule has 8 heteroatoms. The smallest absolute Gasteiger partial charge is 0.276 e. The lowest BCUT2D eigenvalue weighted by Gasteiger charge is -2.34. The number of hydrogen-bond donors (Lipinski definition) is 0. The summed E-state index contributed by atoms with van der Waals surface area (Å²) >= 11 is 1.51. The molecule has 3 heterocycles. The van der Waals surface area contributed by atoms with Gasteiger partial charge in [-0.2, -0.15) is 0 Å². The van der Waals surface area contributed by atoms with Crippen molar-refractivity contribution in [3.63, 3.8) is 0 Å². The quantitative estimate of drug-likeness (QED) is 0.458. The van der Waals surface area contributed by atoms with Gasteiger partial charge < -0.3 is 14.3 Å². The van der Waals surface area contributed by atoms with Gasteiger partial charge in [-0.05, 0) is 48.2 Å². The molecule has 1 aliphatic heterocycles. The molecule has 1 saturated heterocycles. The molecule has 2 aromatic carbocycles.